The molecule has 0 fully saturated rings. The molecule has 0 aliphatic carbocycles. The van der Waals surface area contributed by atoms with Crippen molar-refractivity contribution < 1.29 is 18.0 Å². The van der Waals surface area contributed by atoms with Crippen LogP contribution in [0.1, 0.15) is 5.56 Å². The fraction of sp³-hybridized carbons (Fsp3) is 0.0625. The first-order valence-electron chi connectivity index (χ1n) is 6.85. The molecule has 2 amide bonds. The van der Waals surface area contributed by atoms with Crippen LogP contribution in [-0.2, 0) is 6.18 Å². The number of halogens is 4. The summed E-state index contributed by atoms with van der Waals surface area (Å²) in [7, 11) is 0. The minimum Gasteiger partial charge on any atom is -0.360 e. The van der Waals surface area contributed by atoms with E-state index < -0.39 is 17.8 Å². The molecule has 0 unspecified atom stereocenters. The van der Waals surface area contributed by atoms with E-state index in [2.05, 4.69) is 31.5 Å². The van der Waals surface area contributed by atoms with E-state index in [9.17, 15) is 18.0 Å². The number of benzene rings is 2. The van der Waals surface area contributed by atoms with E-state index in [0.717, 1.165) is 27.5 Å². The maximum absolute atomic E-state index is 12.5. The van der Waals surface area contributed by atoms with Crippen LogP contribution in [0.15, 0.2) is 53.1 Å². The third-order valence-electron chi connectivity index (χ3n) is 3.36. The van der Waals surface area contributed by atoms with E-state index in [4.69, 9.17) is 0 Å². The van der Waals surface area contributed by atoms with Gasteiger partial charge in [0.1, 0.15) is 0 Å². The van der Waals surface area contributed by atoms with Crippen molar-refractivity contribution >= 4 is 44.2 Å². The van der Waals surface area contributed by atoms with Crippen molar-refractivity contribution in [3.8, 4) is 0 Å². The number of rotatable bonds is 2. The van der Waals surface area contributed by atoms with Crippen LogP contribution in [0.2, 0.25) is 0 Å². The van der Waals surface area contributed by atoms with Crippen LogP contribution in [0.4, 0.5) is 29.3 Å². The van der Waals surface area contributed by atoms with Crippen LogP contribution in [0.5, 0.6) is 0 Å². The fourth-order valence-electron chi connectivity index (χ4n) is 2.20. The number of carbonyl (C=O) groups is 1. The Morgan fingerprint density at radius 3 is 2.29 bits per heavy atom. The standard InChI is InChI=1S/C16H11BrF3N3O/c17-13-8-21-14-7-11(5-6-12(13)14)23-15(24)22-10-3-1-9(2-4-10)16(18,19)20/h1-8,21H,(H2,22,23,24). The molecule has 0 spiro atoms. The lowest BCUT2D eigenvalue weighted by atomic mass is 10.2. The van der Waals surface area contributed by atoms with E-state index >= 15 is 0 Å². The second-order valence-corrected chi connectivity index (χ2v) is 5.91. The quantitative estimate of drug-likeness (QED) is 0.518. The van der Waals surface area contributed by atoms with Gasteiger partial charge in [-0.15, -0.1) is 0 Å². The molecule has 0 aliphatic rings. The molecule has 0 atom stereocenters. The van der Waals surface area contributed by atoms with Gasteiger partial charge in [0.15, 0.2) is 0 Å². The molecule has 0 saturated heterocycles. The number of alkyl halides is 3. The summed E-state index contributed by atoms with van der Waals surface area (Å²) in [6.45, 7) is 0. The number of nitrogens with one attached hydrogen (secondary N) is 3. The highest BCUT2D eigenvalue weighted by Crippen LogP contribution is 2.30. The number of hydrogen-bond donors (Lipinski definition) is 3. The van der Waals surface area contributed by atoms with Crippen molar-refractivity contribution in [2.24, 2.45) is 0 Å². The van der Waals surface area contributed by atoms with Gasteiger partial charge in [-0.1, -0.05) is 0 Å². The van der Waals surface area contributed by atoms with Crippen molar-refractivity contribution in [2.75, 3.05) is 10.6 Å². The first-order valence-corrected chi connectivity index (χ1v) is 7.64. The molecule has 3 rings (SSSR count). The monoisotopic (exact) mass is 397 g/mol. The molecule has 3 aromatic rings. The molecule has 0 aliphatic heterocycles. The van der Waals surface area contributed by atoms with E-state index in [0.29, 0.717) is 5.69 Å². The molecule has 0 radical (unpaired) electrons. The average Bonchev–Trinajstić information content (AvgIpc) is 2.87. The second kappa shape index (κ2) is 6.20. The summed E-state index contributed by atoms with van der Waals surface area (Å²) in [6, 6.07) is 9.01. The Morgan fingerprint density at radius 1 is 1.00 bits per heavy atom. The van der Waals surface area contributed by atoms with Gasteiger partial charge in [0.25, 0.3) is 0 Å². The Kier molecular flexibility index (Phi) is 4.23. The Morgan fingerprint density at radius 2 is 1.62 bits per heavy atom. The summed E-state index contributed by atoms with van der Waals surface area (Å²) in [5.41, 5.74) is 0.899. The predicted molar refractivity (Wildman–Crippen MR) is 90.1 cm³/mol. The first kappa shape index (κ1) is 16.4. The SMILES string of the molecule is O=C(Nc1ccc(C(F)(F)F)cc1)Nc1ccc2c(Br)c[nH]c2c1. The zero-order valence-electron chi connectivity index (χ0n) is 12.0. The summed E-state index contributed by atoms with van der Waals surface area (Å²) in [4.78, 5) is 15.0. The lowest BCUT2D eigenvalue weighted by Gasteiger charge is -2.10. The van der Waals surface area contributed by atoms with Crippen molar-refractivity contribution in [1.82, 2.24) is 4.98 Å². The summed E-state index contributed by atoms with van der Waals surface area (Å²) in [6.07, 6.45) is -2.61. The van der Waals surface area contributed by atoms with Gasteiger partial charge in [-0.3, -0.25) is 0 Å². The summed E-state index contributed by atoms with van der Waals surface area (Å²) < 4.78 is 38.4. The maximum Gasteiger partial charge on any atom is 0.416 e. The van der Waals surface area contributed by atoms with Gasteiger partial charge in [-0.2, -0.15) is 13.2 Å². The zero-order valence-corrected chi connectivity index (χ0v) is 13.6. The molecule has 3 N–H and O–H groups in total. The predicted octanol–water partition coefficient (Wildman–Crippen LogP) is 5.59. The molecule has 1 aromatic heterocycles. The lowest BCUT2D eigenvalue weighted by Crippen LogP contribution is -2.19. The van der Waals surface area contributed by atoms with Crippen molar-refractivity contribution in [2.45, 2.75) is 6.18 Å². The van der Waals surface area contributed by atoms with Crippen molar-refractivity contribution in [3.05, 3.63) is 58.7 Å². The van der Waals surface area contributed by atoms with Gasteiger partial charge in [0.05, 0.1) is 5.56 Å². The Hall–Kier alpha value is -2.48. The second-order valence-electron chi connectivity index (χ2n) is 5.05. The number of anilines is 2. The molecule has 0 bridgehead atoms. The van der Waals surface area contributed by atoms with E-state index in [1.807, 2.05) is 6.07 Å². The number of H-pyrrole nitrogens is 1. The molecule has 8 heteroatoms. The molecular weight excluding hydrogens is 387 g/mol. The van der Waals surface area contributed by atoms with E-state index in [1.165, 1.54) is 12.1 Å². The summed E-state index contributed by atoms with van der Waals surface area (Å²) in [5, 5.41) is 6.09. The van der Waals surface area contributed by atoms with Gasteiger partial charge in [-0.05, 0) is 58.4 Å². The Bertz CT molecular complexity index is 888. The minimum atomic E-state index is -4.40. The van der Waals surface area contributed by atoms with Crippen LogP contribution < -0.4 is 10.6 Å². The normalized spacial score (nSPS) is 11.5. The number of aromatic nitrogens is 1. The number of fused-ring (bicyclic) bond motifs is 1. The molecule has 24 heavy (non-hydrogen) atoms. The third-order valence-corrected chi connectivity index (χ3v) is 4.02. The highest BCUT2D eigenvalue weighted by molar-refractivity contribution is 9.10. The van der Waals surface area contributed by atoms with Crippen molar-refractivity contribution in [3.63, 3.8) is 0 Å². The highest BCUT2D eigenvalue weighted by Gasteiger charge is 2.29. The van der Waals surface area contributed by atoms with E-state index in [1.54, 1.807) is 18.3 Å². The van der Waals surface area contributed by atoms with E-state index in [-0.39, 0.29) is 5.69 Å². The van der Waals surface area contributed by atoms with Gasteiger partial charge in [-0.25, -0.2) is 4.79 Å². The maximum atomic E-state index is 12.5. The molecular formula is C16H11BrF3N3O. The number of hydrogen-bond acceptors (Lipinski definition) is 1. The first-order chi connectivity index (χ1) is 11.3. The third kappa shape index (κ3) is 3.53. The fourth-order valence-corrected chi connectivity index (χ4v) is 2.66. The number of aromatic amines is 1. The van der Waals surface area contributed by atoms with Crippen LogP contribution >= 0.6 is 15.9 Å². The molecule has 124 valence electrons. The van der Waals surface area contributed by atoms with Gasteiger partial charge < -0.3 is 15.6 Å². The Labute approximate surface area is 143 Å². The highest BCUT2D eigenvalue weighted by atomic mass is 79.9. The largest absolute Gasteiger partial charge is 0.416 e. The summed E-state index contributed by atoms with van der Waals surface area (Å²) in [5.74, 6) is 0. The van der Waals surface area contributed by atoms with Gasteiger partial charge in [0, 0.05) is 32.9 Å². The Balaban J connectivity index is 1.68. The topological polar surface area (TPSA) is 56.9 Å². The van der Waals surface area contributed by atoms with Crippen LogP contribution in [-0.4, -0.2) is 11.0 Å². The molecule has 2 aromatic carbocycles. The van der Waals surface area contributed by atoms with Crippen molar-refractivity contribution in [1.29, 1.82) is 0 Å². The van der Waals surface area contributed by atoms with Gasteiger partial charge in [0.2, 0.25) is 0 Å². The van der Waals surface area contributed by atoms with Crippen LogP contribution in [0.3, 0.4) is 0 Å². The lowest BCUT2D eigenvalue weighted by molar-refractivity contribution is -0.137. The molecule has 1 heterocycles. The zero-order chi connectivity index (χ0) is 17.3. The minimum absolute atomic E-state index is 0.268. The smallest absolute Gasteiger partial charge is 0.360 e. The van der Waals surface area contributed by atoms with Crippen LogP contribution in [0.25, 0.3) is 10.9 Å². The molecule has 0 saturated carbocycles. The number of amides is 2. The number of carbonyl (C=O) groups excluding carboxylic acids is 1. The summed E-state index contributed by atoms with van der Waals surface area (Å²) >= 11 is 3.40. The molecule has 4 nitrogen and oxygen atoms in total. The average molecular weight is 398 g/mol. The van der Waals surface area contributed by atoms with Crippen LogP contribution in [0, 0.1) is 0 Å². The van der Waals surface area contributed by atoms with Gasteiger partial charge >= 0.3 is 12.2 Å². The number of urea groups is 1.